The Labute approximate surface area is 86.1 Å². The first-order valence-corrected chi connectivity index (χ1v) is 3.91. The number of rotatable bonds is 1. The summed E-state index contributed by atoms with van der Waals surface area (Å²) in [6, 6.07) is 1.09. The van der Waals surface area contributed by atoms with Crippen LogP contribution in [0, 0.1) is 5.82 Å². The Hall–Kier alpha value is -1.30. The Bertz CT molecular complexity index is 414. The van der Waals surface area contributed by atoms with Crippen LogP contribution in [0.4, 0.5) is 17.6 Å². The molecule has 1 aromatic rings. The number of benzene rings is 1. The second kappa shape index (κ2) is 3.69. The Morgan fingerprint density at radius 2 is 1.87 bits per heavy atom. The van der Waals surface area contributed by atoms with Gasteiger partial charge in [-0.2, -0.15) is 13.2 Å². The molecule has 1 aromatic carbocycles. The minimum Gasteiger partial charge on any atom is -0.478 e. The van der Waals surface area contributed by atoms with Gasteiger partial charge in [0.25, 0.3) is 0 Å². The van der Waals surface area contributed by atoms with Gasteiger partial charge in [-0.25, -0.2) is 9.18 Å². The summed E-state index contributed by atoms with van der Waals surface area (Å²) in [5, 5.41) is 7.23. The van der Waals surface area contributed by atoms with E-state index in [-0.39, 0.29) is 0 Å². The molecule has 0 saturated carbocycles. The van der Waals surface area contributed by atoms with Crippen LogP contribution in [0.1, 0.15) is 15.9 Å². The first-order valence-electron chi connectivity index (χ1n) is 3.53. The van der Waals surface area contributed by atoms with Crippen LogP contribution in [-0.2, 0) is 6.18 Å². The molecule has 0 radical (unpaired) electrons. The zero-order chi connectivity index (χ0) is 11.8. The fourth-order valence-corrected chi connectivity index (χ4v) is 1.28. The van der Waals surface area contributed by atoms with Gasteiger partial charge >= 0.3 is 12.1 Å². The third-order valence-corrected chi connectivity index (χ3v) is 1.98. The molecule has 0 unspecified atom stereocenters. The molecule has 0 atom stereocenters. The van der Waals surface area contributed by atoms with Crippen LogP contribution in [0.25, 0.3) is 0 Å². The van der Waals surface area contributed by atoms with Crippen LogP contribution in [0.2, 0.25) is 5.02 Å². The highest BCUT2D eigenvalue weighted by molar-refractivity contribution is 6.32. The van der Waals surface area contributed by atoms with Crippen LogP contribution in [0.15, 0.2) is 12.1 Å². The molecule has 2 nitrogen and oxygen atoms in total. The van der Waals surface area contributed by atoms with E-state index in [1.807, 2.05) is 0 Å². The highest BCUT2D eigenvalue weighted by atomic mass is 35.5. The van der Waals surface area contributed by atoms with Gasteiger partial charge in [0.05, 0.1) is 16.1 Å². The average Bonchev–Trinajstić information content (AvgIpc) is 2.06. The first kappa shape index (κ1) is 11.8. The molecule has 1 N–H and O–H groups in total. The first-order chi connectivity index (χ1) is 6.75. The zero-order valence-electron chi connectivity index (χ0n) is 6.90. The number of hydrogen-bond donors (Lipinski definition) is 1. The third kappa shape index (κ3) is 2.20. The minimum absolute atomic E-state index is 0.520. The molecule has 15 heavy (non-hydrogen) atoms. The van der Waals surface area contributed by atoms with Crippen molar-refractivity contribution < 1.29 is 27.5 Å². The van der Waals surface area contributed by atoms with E-state index in [4.69, 9.17) is 16.7 Å². The number of aromatic carboxylic acids is 1. The van der Waals surface area contributed by atoms with Crippen molar-refractivity contribution in [1.82, 2.24) is 0 Å². The van der Waals surface area contributed by atoms with E-state index >= 15 is 0 Å². The Kier molecular flexibility index (Phi) is 2.90. The molecular weight excluding hydrogens is 240 g/mol. The normalized spacial score (nSPS) is 11.5. The molecule has 82 valence electrons. The number of carboxylic acid groups (broad SMARTS) is 1. The maximum absolute atomic E-state index is 12.7. The summed E-state index contributed by atoms with van der Waals surface area (Å²) in [4.78, 5) is 10.5. The summed E-state index contributed by atoms with van der Waals surface area (Å²) < 4.78 is 49.7. The van der Waals surface area contributed by atoms with Gasteiger partial charge < -0.3 is 5.11 Å². The van der Waals surface area contributed by atoms with Crippen LogP contribution < -0.4 is 0 Å². The lowest BCUT2D eigenvalue weighted by Gasteiger charge is -2.12. The van der Waals surface area contributed by atoms with Crippen LogP contribution >= 0.6 is 11.6 Å². The second-order valence-electron chi connectivity index (χ2n) is 2.59. The van der Waals surface area contributed by atoms with Crippen molar-refractivity contribution in [3.05, 3.63) is 34.1 Å². The van der Waals surface area contributed by atoms with Gasteiger partial charge in [0.1, 0.15) is 5.82 Å². The third-order valence-electron chi connectivity index (χ3n) is 1.61. The lowest BCUT2D eigenvalue weighted by molar-refractivity contribution is -0.138. The molecule has 0 heterocycles. The van der Waals surface area contributed by atoms with Crippen molar-refractivity contribution in [2.45, 2.75) is 6.18 Å². The standard InChI is InChI=1S/C8H3ClF4O2/c9-6-4(10)2-1-3(7(14)15)5(6)8(11,12)13/h1-2H,(H,14,15). The van der Waals surface area contributed by atoms with E-state index in [2.05, 4.69) is 0 Å². The Morgan fingerprint density at radius 1 is 1.33 bits per heavy atom. The largest absolute Gasteiger partial charge is 0.478 e. The molecule has 0 bridgehead atoms. The van der Waals surface area contributed by atoms with Gasteiger partial charge in [-0.15, -0.1) is 0 Å². The van der Waals surface area contributed by atoms with E-state index in [9.17, 15) is 22.4 Å². The summed E-state index contributed by atoms with van der Waals surface area (Å²) in [6.45, 7) is 0. The number of carboxylic acids is 1. The second-order valence-corrected chi connectivity index (χ2v) is 2.96. The number of alkyl halides is 3. The maximum atomic E-state index is 12.7. The maximum Gasteiger partial charge on any atom is 0.418 e. The Balaban J connectivity index is 3.57. The van der Waals surface area contributed by atoms with Gasteiger partial charge in [-0.1, -0.05) is 11.6 Å². The van der Waals surface area contributed by atoms with Gasteiger partial charge in [-0.3, -0.25) is 0 Å². The average molecular weight is 243 g/mol. The molecule has 7 heteroatoms. The zero-order valence-corrected chi connectivity index (χ0v) is 7.66. The monoisotopic (exact) mass is 242 g/mol. The molecule has 0 fully saturated rings. The van der Waals surface area contributed by atoms with Crippen LogP contribution in [-0.4, -0.2) is 11.1 Å². The number of carbonyl (C=O) groups is 1. The number of hydrogen-bond acceptors (Lipinski definition) is 1. The summed E-state index contributed by atoms with van der Waals surface area (Å²) in [5.74, 6) is -3.13. The van der Waals surface area contributed by atoms with Crippen molar-refractivity contribution in [2.75, 3.05) is 0 Å². The summed E-state index contributed by atoms with van der Waals surface area (Å²) in [5.41, 5.74) is -2.74. The van der Waals surface area contributed by atoms with E-state index in [0.29, 0.717) is 12.1 Å². The van der Waals surface area contributed by atoms with Crippen molar-refractivity contribution in [3.63, 3.8) is 0 Å². The lowest BCUT2D eigenvalue weighted by atomic mass is 10.1. The molecule has 0 saturated heterocycles. The Morgan fingerprint density at radius 3 is 2.27 bits per heavy atom. The molecule has 0 aliphatic carbocycles. The van der Waals surface area contributed by atoms with Crippen LogP contribution in [0.3, 0.4) is 0 Å². The van der Waals surface area contributed by atoms with E-state index in [1.54, 1.807) is 0 Å². The van der Waals surface area contributed by atoms with Crippen LogP contribution in [0.5, 0.6) is 0 Å². The van der Waals surface area contributed by atoms with Gasteiger partial charge in [0, 0.05) is 0 Å². The van der Waals surface area contributed by atoms with E-state index in [0.717, 1.165) is 0 Å². The fourth-order valence-electron chi connectivity index (χ4n) is 1.01. The van der Waals surface area contributed by atoms with E-state index in [1.165, 1.54) is 0 Å². The summed E-state index contributed by atoms with van der Waals surface area (Å²) >= 11 is 5.07. The summed E-state index contributed by atoms with van der Waals surface area (Å²) in [7, 11) is 0. The molecule has 1 rings (SSSR count). The van der Waals surface area contributed by atoms with Crippen molar-refractivity contribution in [1.29, 1.82) is 0 Å². The molecule has 0 aliphatic rings. The smallest absolute Gasteiger partial charge is 0.418 e. The van der Waals surface area contributed by atoms with Gasteiger partial charge in [0.15, 0.2) is 0 Å². The predicted molar refractivity (Wildman–Crippen MR) is 43.4 cm³/mol. The molecule has 0 aromatic heterocycles. The molecule has 0 aliphatic heterocycles. The van der Waals surface area contributed by atoms with E-state index < -0.39 is 34.1 Å². The molecule has 0 amide bonds. The molecular formula is C8H3ClF4O2. The fraction of sp³-hybridized carbons (Fsp3) is 0.125. The SMILES string of the molecule is O=C(O)c1ccc(F)c(Cl)c1C(F)(F)F. The highest BCUT2D eigenvalue weighted by Gasteiger charge is 2.39. The highest BCUT2D eigenvalue weighted by Crippen LogP contribution is 2.38. The van der Waals surface area contributed by atoms with Crippen molar-refractivity contribution >= 4 is 17.6 Å². The van der Waals surface area contributed by atoms with Gasteiger partial charge in [0.2, 0.25) is 0 Å². The quantitative estimate of drug-likeness (QED) is 0.768. The topological polar surface area (TPSA) is 37.3 Å². The minimum atomic E-state index is -5.01. The van der Waals surface area contributed by atoms with Crippen molar-refractivity contribution in [2.24, 2.45) is 0 Å². The lowest BCUT2D eigenvalue weighted by Crippen LogP contribution is -2.14. The predicted octanol–water partition coefficient (Wildman–Crippen LogP) is 3.20. The summed E-state index contributed by atoms with van der Waals surface area (Å²) in [6.07, 6.45) is -5.01. The van der Waals surface area contributed by atoms with Crippen molar-refractivity contribution in [3.8, 4) is 0 Å². The van der Waals surface area contributed by atoms with Gasteiger partial charge in [-0.05, 0) is 12.1 Å². The molecule has 0 spiro atoms. The number of halogens is 5.